The minimum atomic E-state index is -0.0653. The van der Waals surface area contributed by atoms with Gasteiger partial charge in [-0.25, -0.2) is 4.98 Å². The van der Waals surface area contributed by atoms with Crippen LogP contribution in [0, 0.1) is 0 Å². The Morgan fingerprint density at radius 3 is 1.96 bits per heavy atom. The SMILES string of the molecule is c1ccc(-c2ccnc(-c3cccc4c3Oc3cccc5c3B4c3cccc(-c4cccc(-c6ccccc6)n4)c3N5c3ccccc3)c2)cc1. The predicted molar refractivity (Wildman–Crippen MR) is 210 cm³/mol. The van der Waals surface area contributed by atoms with Crippen LogP contribution in [0.3, 0.4) is 0 Å². The summed E-state index contributed by atoms with van der Waals surface area (Å²) in [5.41, 5.74) is 15.0. The Labute approximate surface area is 297 Å². The van der Waals surface area contributed by atoms with Crippen molar-refractivity contribution in [1.82, 2.24) is 9.97 Å². The van der Waals surface area contributed by atoms with Gasteiger partial charge < -0.3 is 9.64 Å². The average molecular weight is 652 g/mol. The maximum Gasteiger partial charge on any atom is 0.256 e. The molecule has 2 aliphatic rings. The van der Waals surface area contributed by atoms with Gasteiger partial charge in [-0.05, 0) is 82.1 Å². The van der Waals surface area contributed by atoms with Crippen molar-refractivity contribution in [3.63, 3.8) is 0 Å². The molecule has 0 N–H and O–H groups in total. The highest BCUT2D eigenvalue weighted by atomic mass is 16.5. The average Bonchev–Trinajstić information content (AvgIpc) is 3.21. The van der Waals surface area contributed by atoms with Crippen molar-refractivity contribution >= 4 is 40.2 Å². The van der Waals surface area contributed by atoms with E-state index < -0.39 is 0 Å². The summed E-state index contributed by atoms with van der Waals surface area (Å²) in [5, 5.41) is 0. The van der Waals surface area contributed by atoms with Gasteiger partial charge in [0.2, 0.25) is 0 Å². The van der Waals surface area contributed by atoms with Crippen LogP contribution >= 0.6 is 0 Å². The molecule has 6 aromatic carbocycles. The zero-order chi connectivity index (χ0) is 33.7. The third kappa shape index (κ3) is 4.85. The second-order valence-electron chi connectivity index (χ2n) is 12.9. The first-order chi connectivity index (χ1) is 25.3. The highest BCUT2D eigenvalue weighted by Crippen LogP contribution is 2.45. The van der Waals surface area contributed by atoms with Crippen LogP contribution in [0.5, 0.6) is 11.5 Å². The van der Waals surface area contributed by atoms with E-state index in [1.807, 2.05) is 18.3 Å². The van der Waals surface area contributed by atoms with Gasteiger partial charge in [0, 0.05) is 34.3 Å². The number of ether oxygens (including phenoxy) is 1. The molecule has 0 spiro atoms. The predicted octanol–water partition coefficient (Wildman–Crippen LogP) is 9.55. The molecule has 4 heterocycles. The molecule has 238 valence electrons. The van der Waals surface area contributed by atoms with Crippen LogP contribution in [0.25, 0.3) is 44.9 Å². The van der Waals surface area contributed by atoms with Crippen LogP contribution in [-0.2, 0) is 0 Å². The Balaban J connectivity index is 1.20. The van der Waals surface area contributed by atoms with E-state index in [0.717, 1.165) is 84.4 Å². The number of nitrogens with zero attached hydrogens (tertiary/aromatic N) is 3. The van der Waals surface area contributed by atoms with Crippen LogP contribution in [0.15, 0.2) is 182 Å². The molecular formula is C46H30BN3O. The molecule has 10 rings (SSSR count). The van der Waals surface area contributed by atoms with Crippen molar-refractivity contribution in [3.8, 4) is 56.4 Å². The molecule has 0 saturated heterocycles. The van der Waals surface area contributed by atoms with E-state index >= 15 is 0 Å². The Kier molecular flexibility index (Phi) is 6.88. The molecule has 0 atom stereocenters. The van der Waals surface area contributed by atoms with Crippen molar-refractivity contribution in [2.24, 2.45) is 0 Å². The van der Waals surface area contributed by atoms with Crippen molar-refractivity contribution < 1.29 is 4.74 Å². The molecule has 8 aromatic rings. The van der Waals surface area contributed by atoms with Crippen molar-refractivity contribution in [2.45, 2.75) is 0 Å². The molecule has 0 radical (unpaired) electrons. The summed E-state index contributed by atoms with van der Waals surface area (Å²) in [6, 6.07) is 61.5. The Hall–Kier alpha value is -6.72. The fourth-order valence-corrected chi connectivity index (χ4v) is 7.75. The Morgan fingerprint density at radius 1 is 0.490 bits per heavy atom. The zero-order valence-electron chi connectivity index (χ0n) is 27.6. The standard InChI is InChI=1S/C46H30BN3O/c1-4-14-31(15-5-1)33-28-29-48-41(30-33)36-21-11-23-38-46(36)51-43-27-13-26-42-44(43)47(38)37-22-10-20-35(45(37)50(42)34-18-8-3-9-19-34)40-25-12-24-39(49-40)32-16-6-2-7-17-32/h1-30H. The Morgan fingerprint density at radius 2 is 1.16 bits per heavy atom. The van der Waals surface area contributed by atoms with Gasteiger partial charge >= 0.3 is 0 Å². The van der Waals surface area contributed by atoms with Gasteiger partial charge in [-0.1, -0.05) is 121 Å². The highest BCUT2D eigenvalue weighted by Gasteiger charge is 2.43. The number of rotatable bonds is 5. The second kappa shape index (κ2) is 12.0. The lowest BCUT2D eigenvalue weighted by molar-refractivity contribution is 0.489. The quantitative estimate of drug-likeness (QED) is 0.174. The van der Waals surface area contributed by atoms with Gasteiger partial charge in [0.1, 0.15) is 11.5 Å². The monoisotopic (exact) mass is 651 g/mol. The van der Waals surface area contributed by atoms with E-state index in [2.05, 4.69) is 169 Å². The summed E-state index contributed by atoms with van der Waals surface area (Å²) >= 11 is 0. The first-order valence-electron chi connectivity index (χ1n) is 17.3. The minimum absolute atomic E-state index is 0.0653. The van der Waals surface area contributed by atoms with Crippen LogP contribution in [0.4, 0.5) is 17.1 Å². The van der Waals surface area contributed by atoms with Crippen LogP contribution in [0.2, 0.25) is 0 Å². The van der Waals surface area contributed by atoms with Gasteiger partial charge in [-0.2, -0.15) is 0 Å². The third-order valence-electron chi connectivity index (χ3n) is 10.00. The number of benzene rings is 6. The van der Waals surface area contributed by atoms with Crippen LogP contribution in [-0.4, -0.2) is 16.7 Å². The van der Waals surface area contributed by atoms with Gasteiger partial charge in [0.05, 0.1) is 22.8 Å². The van der Waals surface area contributed by atoms with Gasteiger partial charge in [-0.15, -0.1) is 0 Å². The number of para-hydroxylation sites is 3. The number of pyridine rings is 2. The normalized spacial score (nSPS) is 12.4. The number of hydrogen-bond donors (Lipinski definition) is 0. The molecule has 0 bridgehead atoms. The molecule has 2 aliphatic heterocycles. The third-order valence-corrected chi connectivity index (χ3v) is 10.00. The van der Waals surface area contributed by atoms with Crippen molar-refractivity contribution in [1.29, 1.82) is 0 Å². The first-order valence-corrected chi connectivity index (χ1v) is 17.3. The van der Waals surface area contributed by atoms with Gasteiger partial charge in [0.25, 0.3) is 6.71 Å². The van der Waals surface area contributed by atoms with Crippen LogP contribution < -0.4 is 26.0 Å². The maximum atomic E-state index is 6.96. The van der Waals surface area contributed by atoms with E-state index in [0.29, 0.717) is 0 Å². The van der Waals surface area contributed by atoms with Crippen LogP contribution in [0.1, 0.15) is 0 Å². The highest BCUT2D eigenvalue weighted by molar-refractivity contribution is 6.99. The smallest absolute Gasteiger partial charge is 0.256 e. The number of aromatic nitrogens is 2. The topological polar surface area (TPSA) is 38.3 Å². The fourth-order valence-electron chi connectivity index (χ4n) is 7.75. The van der Waals surface area contributed by atoms with Crippen molar-refractivity contribution in [3.05, 3.63) is 182 Å². The molecule has 0 saturated carbocycles. The molecule has 2 aromatic heterocycles. The minimum Gasteiger partial charge on any atom is -0.458 e. The van der Waals surface area contributed by atoms with Gasteiger partial charge in [-0.3, -0.25) is 4.98 Å². The zero-order valence-corrected chi connectivity index (χ0v) is 27.6. The molecule has 0 unspecified atom stereocenters. The lowest BCUT2D eigenvalue weighted by Crippen LogP contribution is -2.59. The summed E-state index contributed by atoms with van der Waals surface area (Å²) in [5.74, 6) is 1.71. The molecule has 4 nitrogen and oxygen atoms in total. The second-order valence-corrected chi connectivity index (χ2v) is 12.9. The lowest BCUT2D eigenvalue weighted by Gasteiger charge is -2.41. The molecule has 0 amide bonds. The number of anilines is 3. The summed E-state index contributed by atoms with van der Waals surface area (Å²) < 4.78 is 6.96. The molecule has 51 heavy (non-hydrogen) atoms. The molecule has 5 heteroatoms. The van der Waals surface area contributed by atoms with Crippen molar-refractivity contribution in [2.75, 3.05) is 4.90 Å². The number of fused-ring (bicyclic) bond motifs is 4. The summed E-state index contributed by atoms with van der Waals surface area (Å²) in [7, 11) is 0. The molecule has 0 aliphatic carbocycles. The number of hydrogen-bond acceptors (Lipinski definition) is 4. The van der Waals surface area contributed by atoms with Gasteiger partial charge in [0.15, 0.2) is 0 Å². The summed E-state index contributed by atoms with van der Waals surface area (Å²) in [4.78, 5) is 12.5. The van der Waals surface area contributed by atoms with E-state index in [1.165, 1.54) is 5.46 Å². The molecule has 0 fully saturated rings. The van der Waals surface area contributed by atoms with E-state index in [1.54, 1.807) is 0 Å². The fraction of sp³-hybridized carbons (Fsp3) is 0. The first kappa shape index (κ1) is 29.2. The molecular weight excluding hydrogens is 621 g/mol. The summed E-state index contributed by atoms with van der Waals surface area (Å²) in [6.07, 6.45) is 1.89. The van der Waals surface area contributed by atoms with E-state index in [-0.39, 0.29) is 6.71 Å². The van der Waals surface area contributed by atoms with E-state index in [4.69, 9.17) is 14.7 Å². The van der Waals surface area contributed by atoms with E-state index in [9.17, 15) is 0 Å². The largest absolute Gasteiger partial charge is 0.458 e. The summed E-state index contributed by atoms with van der Waals surface area (Å²) in [6.45, 7) is -0.0653. The maximum absolute atomic E-state index is 6.96. The lowest BCUT2D eigenvalue weighted by atomic mass is 9.34. The Bertz CT molecular complexity index is 2570.